The van der Waals surface area contributed by atoms with Gasteiger partial charge >= 0.3 is 0 Å². The highest BCUT2D eigenvalue weighted by Gasteiger charge is 2.31. The number of ether oxygens (including phenoxy) is 2. The molecule has 3 aromatic rings. The standard InChI is InChI=1S/C25H26FN3O5/c1-16(30)29-10-8-17-6-7-20(13-21(17)24(29)18-4-3-5-19(26)12-18)33-15-23-28-22(14-34-23)25(31)27-9-11-32-2/h3-7,12-14,24H,8-11,15H2,1-2H3,(H,27,31)/t24-/m1/s1. The molecule has 0 saturated carbocycles. The molecule has 1 aliphatic heterocycles. The van der Waals surface area contributed by atoms with E-state index in [0.717, 1.165) is 11.1 Å². The van der Waals surface area contributed by atoms with Crippen molar-refractivity contribution >= 4 is 11.8 Å². The van der Waals surface area contributed by atoms with Gasteiger partial charge in [0, 0.05) is 27.1 Å². The van der Waals surface area contributed by atoms with E-state index >= 15 is 0 Å². The fraction of sp³-hybridized carbons (Fsp3) is 0.320. The van der Waals surface area contributed by atoms with Crippen LogP contribution in [-0.2, 0) is 22.6 Å². The average molecular weight is 467 g/mol. The minimum Gasteiger partial charge on any atom is -0.484 e. The number of hydrogen-bond donors (Lipinski definition) is 1. The Morgan fingerprint density at radius 3 is 2.88 bits per heavy atom. The van der Waals surface area contributed by atoms with Crippen molar-refractivity contribution in [2.45, 2.75) is 26.0 Å². The number of carbonyl (C=O) groups is 2. The fourth-order valence-electron chi connectivity index (χ4n) is 4.04. The summed E-state index contributed by atoms with van der Waals surface area (Å²) in [7, 11) is 1.55. The Morgan fingerprint density at radius 2 is 2.12 bits per heavy atom. The number of rotatable bonds is 8. The van der Waals surface area contributed by atoms with Gasteiger partial charge in [-0.3, -0.25) is 9.59 Å². The molecule has 0 bridgehead atoms. The van der Waals surface area contributed by atoms with Crippen molar-refractivity contribution in [3.63, 3.8) is 0 Å². The maximum atomic E-state index is 14.0. The second-order valence-corrected chi connectivity index (χ2v) is 7.94. The molecule has 0 unspecified atom stereocenters. The predicted molar refractivity (Wildman–Crippen MR) is 121 cm³/mol. The number of oxazole rings is 1. The number of nitrogens with one attached hydrogen (secondary N) is 1. The molecule has 0 spiro atoms. The zero-order chi connectivity index (χ0) is 24.1. The zero-order valence-corrected chi connectivity index (χ0v) is 19.0. The molecule has 34 heavy (non-hydrogen) atoms. The van der Waals surface area contributed by atoms with Gasteiger partial charge in [-0.25, -0.2) is 9.37 Å². The Hall–Kier alpha value is -3.72. The highest BCUT2D eigenvalue weighted by molar-refractivity contribution is 5.91. The van der Waals surface area contributed by atoms with Crippen LogP contribution >= 0.6 is 0 Å². The lowest BCUT2D eigenvalue weighted by molar-refractivity contribution is -0.130. The van der Waals surface area contributed by atoms with Gasteiger partial charge < -0.3 is 24.1 Å². The number of methoxy groups -OCH3 is 1. The topological polar surface area (TPSA) is 93.9 Å². The molecule has 1 aliphatic rings. The van der Waals surface area contributed by atoms with Crippen LogP contribution in [0, 0.1) is 5.82 Å². The number of aromatic nitrogens is 1. The van der Waals surface area contributed by atoms with Gasteiger partial charge in [-0.05, 0) is 47.4 Å². The number of fused-ring (bicyclic) bond motifs is 1. The first-order valence-corrected chi connectivity index (χ1v) is 11.0. The van der Waals surface area contributed by atoms with E-state index in [2.05, 4.69) is 10.3 Å². The molecule has 1 aromatic heterocycles. The van der Waals surface area contributed by atoms with E-state index in [-0.39, 0.29) is 35.8 Å². The molecular formula is C25H26FN3O5. The molecule has 0 fully saturated rings. The summed E-state index contributed by atoms with van der Waals surface area (Å²) in [6, 6.07) is 11.5. The van der Waals surface area contributed by atoms with Crippen molar-refractivity contribution in [2.24, 2.45) is 0 Å². The van der Waals surface area contributed by atoms with E-state index in [0.29, 0.717) is 37.4 Å². The van der Waals surface area contributed by atoms with Gasteiger partial charge in [-0.15, -0.1) is 0 Å². The van der Waals surface area contributed by atoms with E-state index in [1.54, 1.807) is 18.1 Å². The Morgan fingerprint density at radius 1 is 1.26 bits per heavy atom. The summed E-state index contributed by atoms with van der Waals surface area (Å²) in [5, 5.41) is 2.67. The molecule has 9 heteroatoms. The van der Waals surface area contributed by atoms with Crippen molar-refractivity contribution in [1.82, 2.24) is 15.2 Å². The van der Waals surface area contributed by atoms with Gasteiger partial charge in [0.05, 0.1) is 12.6 Å². The van der Waals surface area contributed by atoms with Crippen LogP contribution in [0.25, 0.3) is 0 Å². The molecule has 1 N–H and O–H groups in total. The minimum absolute atomic E-state index is 0.0190. The second kappa shape index (κ2) is 10.5. The molecule has 2 amide bonds. The Balaban J connectivity index is 1.52. The molecule has 0 saturated heterocycles. The summed E-state index contributed by atoms with van der Waals surface area (Å²) >= 11 is 0. The molecule has 178 valence electrons. The first-order chi connectivity index (χ1) is 16.5. The van der Waals surface area contributed by atoms with Gasteiger partial charge in [0.2, 0.25) is 11.8 Å². The number of benzene rings is 2. The van der Waals surface area contributed by atoms with E-state index in [4.69, 9.17) is 13.9 Å². The lowest BCUT2D eigenvalue weighted by Crippen LogP contribution is -2.39. The summed E-state index contributed by atoms with van der Waals surface area (Å²) in [6.45, 7) is 2.85. The Labute approximate surface area is 196 Å². The number of halogens is 1. The Kier molecular flexibility index (Phi) is 7.22. The Bertz CT molecular complexity index is 1180. The van der Waals surface area contributed by atoms with Gasteiger partial charge in [-0.1, -0.05) is 18.2 Å². The van der Waals surface area contributed by atoms with Crippen LogP contribution in [-0.4, -0.2) is 48.5 Å². The van der Waals surface area contributed by atoms with Gasteiger partial charge in [0.1, 0.15) is 17.8 Å². The largest absolute Gasteiger partial charge is 0.484 e. The molecule has 0 radical (unpaired) electrons. The average Bonchev–Trinajstić information content (AvgIpc) is 3.31. The minimum atomic E-state index is -0.412. The SMILES string of the molecule is COCCNC(=O)c1coc(COc2ccc3c(c2)[C@@H](c2cccc(F)c2)N(C(C)=O)CC3)n1. The van der Waals surface area contributed by atoms with E-state index in [9.17, 15) is 14.0 Å². The summed E-state index contributed by atoms with van der Waals surface area (Å²) in [4.78, 5) is 30.3. The van der Waals surface area contributed by atoms with Crippen molar-refractivity contribution in [3.8, 4) is 5.75 Å². The van der Waals surface area contributed by atoms with Crippen molar-refractivity contribution in [3.05, 3.63) is 82.8 Å². The van der Waals surface area contributed by atoms with Crippen molar-refractivity contribution in [2.75, 3.05) is 26.8 Å². The van der Waals surface area contributed by atoms with Crippen molar-refractivity contribution < 1.29 is 27.9 Å². The summed E-state index contributed by atoms with van der Waals surface area (Å²) in [5.74, 6) is 0.00778. The monoisotopic (exact) mass is 467 g/mol. The lowest BCUT2D eigenvalue weighted by atomic mass is 9.88. The first kappa shape index (κ1) is 23.4. The molecule has 4 rings (SSSR count). The van der Waals surface area contributed by atoms with Crippen LogP contribution in [0.3, 0.4) is 0 Å². The summed E-state index contributed by atoms with van der Waals surface area (Å²) in [6.07, 6.45) is 1.97. The molecule has 2 heterocycles. The van der Waals surface area contributed by atoms with Gasteiger partial charge in [0.15, 0.2) is 12.3 Å². The summed E-state index contributed by atoms with van der Waals surface area (Å²) < 4.78 is 30.1. The van der Waals surface area contributed by atoms with Crippen LogP contribution in [0.1, 0.15) is 46.0 Å². The number of carbonyl (C=O) groups excluding carboxylic acids is 2. The number of hydrogen-bond acceptors (Lipinski definition) is 6. The van der Waals surface area contributed by atoms with E-state index in [1.165, 1.54) is 25.3 Å². The third-order valence-electron chi connectivity index (χ3n) is 5.65. The second-order valence-electron chi connectivity index (χ2n) is 7.94. The molecule has 1 atom stereocenters. The van der Waals surface area contributed by atoms with Crippen LogP contribution in [0.15, 0.2) is 53.1 Å². The van der Waals surface area contributed by atoms with Crippen molar-refractivity contribution in [1.29, 1.82) is 0 Å². The van der Waals surface area contributed by atoms with E-state index < -0.39 is 6.04 Å². The zero-order valence-electron chi connectivity index (χ0n) is 19.0. The highest BCUT2D eigenvalue weighted by Crippen LogP contribution is 2.37. The highest BCUT2D eigenvalue weighted by atomic mass is 19.1. The molecule has 0 aliphatic carbocycles. The lowest BCUT2D eigenvalue weighted by Gasteiger charge is -2.37. The van der Waals surface area contributed by atoms with Crippen LogP contribution in [0.4, 0.5) is 4.39 Å². The first-order valence-electron chi connectivity index (χ1n) is 11.0. The van der Waals surface area contributed by atoms with Gasteiger partial charge in [0.25, 0.3) is 5.91 Å². The predicted octanol–water partition coefficient (Wildman–Crippen LogP) is 3.26. The number of nitrogens with zero attached hydrogens (tertiary/aromatic N) is 2. The maximum absolute atomic E-state index is 14.0. The summed E-state index contributed by atoms with van der Waals surface area (Å²) in [5.41, 5.74) is 2.81. The molecular weight excluding hydrogens is 441 g/mol. The third kappa shape index (κ3) is 5.26. The van der Waals surface area contributed by atoms with Gasteiger partial charge in [-0.2, -0.15) is 0 Å². The van der Waals surface area contributed by atoms with Crippen LogP contribution in [0.5, 0.6) is 5.75 Å². The van der Waals surface area contributed by atoms with E-state index in [1.807, 2.05) is 24.3 Å². The normalized spacial score (nSPS) is 15.0. The maximum Gasteiger partial charge on any atom is 0.273 e. The third-order valence-corrected chi connectivity index (χ3v) is 5.65. The molecule has 8 nitrogen and oxygen atoms in total. The number of amides is 2. The molecule has 2 aromatic carbocycles. The smallest absolute Gasteiger partial charge is 0.273 e. The van der Waals surface area contributed by atoms with Crippen LogP contribution < -0.4 is 10.1 Å². The van der Waals surface area contributed by atoms with Crippen LogP contribution in [0.2, 0.25) is 0 Å². The fourth-order valence-corrected chi connectivity index (χ4v) is 4.04. The quantitative estimate of drug-likeness (QED) is 0.511.